The summed E-state index contributed by atoms with van der Waals surface area (Å²) in [5.74, 6) is 2.85. The average molecular weight is 254 g/mol. The Hall–Kier alpha value is -1.41. The topological polar surface area (TPSA) is 95.7 Å². The van der Waals surface area contributed by atoms with Gasteiger partial charge in [0, 0.05) is 6.54 Å². The van der Waals surface area contributed by atoms with E-state index in [-0.39, 0.29) is 0 Å². The summed E-state index contributed by atoms with van der Waals surface area (Å²) in [6.07, 6.45) is 1.75. The Morgan fingerprint density at radius 2 is 2.41 bits per heavy atom. The van der Waals surface area contributed by atoms with E-state index in [0.717, 1.165) is 11.5 Å². The average Bonchev–Trinajstić information content (AvgIpc) is 2.95. The molecule has 0 aliphatic carbocycles. The van der Waals surface area contributed by atoms with E-state index < -0.39 is 0 Å². The van der Waals surface area contributed by atoms with Crippen molar-refractivity contribution < 1.29 is 4.52 Å². The van der Waals surface area contributed by atoms with Crippen molar-refractivity contribution >= 4 is 11.8 Å². The highest BCUT2D eigenvalue weighted by Crippen LogP contribution is 2.15. The van der Waals surface area contributed by atoms with E-state index in [9.17, 15) is 0 Å². The van der Waals surface area contributed by atoms with Crippen LogP contribution in [0.15, 0.2) is 10.7 Å². The second kappa shape index (κ2) is 5.78. The molecule has 0 radical (unpaired) electrons. The molecular weight excluding hydrogens is 240 g/mol. The van der Waals surface area contributed by atoms with E-state index >= 15 is 0 Å². The van der Waals surface area contributed by atoms with Gasteiger partial charge in [0.05, 0.1) is 18.5 Å². The van der Waals surface area contributed by atoms with Gasteiger partial charge in [-0.2, -0.15) is 16.7 Å². The molecule has 0 amide bonds. The number of nitrogens with zero attached hydrogens (tertiary/aromatic N) is 5. The minimum absolute atomic E-state index is 0.403. The lowest BCUT2D eigenvalue weighted by Crippen LogP contribution is -2.10. The summed E-state index contributed by atoms with van der Waals surface area (Å²) in [7, 11) is 0. The predicted molar refractivity (Wildman–Crippen MR) is 64.2 cm³/mol. The summed E-state index contributed by atoms with van der Waals surface area (Å²) >= 11 is 1.74. The van der Waals surface area contributed by atoms with Crippen molar-refractivity contribution in [1.29, 1.82) is 0 Å². The van der Waals surface area contributed by atoms with Crippen LogP contribution in [0.4, 0.5) is 0 Å². The second-order valence-electron chi connectivity index (χ2n) is 3.31. The van der Waals surface area contributed by atoms with Crippen LogP contribution < -0.4 is 5.73 Å². The molecule has 0 unspecified atom stereocenters. The van der Waals surface area contributed by atoms with E-state index in [1.807, 2.05) is 0 Å². The number of nitrogens with two attached hydrogens (primary N) is 1. The predicted octanol–water partition coefficient (Wildman–Crippen LogP) is 0.540. The molecule has 0 saturated carbocycles. The molecule has 0 aliphatic rings. The zero-order valence-corrected chi connectivity index (χ0v) is 10.4. The summed E-state index contributed by atoms with van der Waals surface area (Å²) in [4.78, 5) is 4.25. The Labute approximate surface area is 103 Å². The number of thioether (sulfide) groups is 1. The van der Waals surface area contributed by atoms with Crippen molar-refractivity contribution in [2.45, 2.75) is 19.2 Å². The molecule has 2 heterocycles. The molecule has 2 aromatic rings. The van der Waals surface area contributed by atoms with Crippen LogP contribution in [0.25, 0.3) is 11.6 Å². The molecule has 0 aromatic carbocycles. The van der Waals surface area contributed by atoms with Crippen LogP contribution in [0.5, 0.6) is 0 Å². The zero-order chi connectivity index (χ0) is 12.1. The Morgan fingerprint density at radius 1 is 1.53 bits per heavy atom. The highest BCUT2D eigenvalue weighted by atomic mass is 32.2. The molecule has 2 N–H and O–H groups in total. The molecule has 0 aliphatic heterocycles. The Morgan fingerprint density at radius 3 is 3.18 bits per heavy atom. The monoisotopic (exact) mass is 254 g/mol. The van der Waals surface area contributed by atoms with Gasteiger partial charge >= 0.3 is 0 Å². The number of hydrogen-bond donors (Lipinski definition) is 1. The van der Waals surface area contributed by atoms with Crippen molar-refractivity contribution in [3.8, 4) is 11.6 Å². The summed E-state index contributed by atoms with van der Waals surface area (Å²) < 4.78 is 6.77. The van der Waals surface area contributed by atoms with Gasteiger partial charge in [-0.25, -0.2) is 0 Å². The maximum atomic E-state index is 5.42. The van der Waals surface area contributed by atoms with Crippen LogP contribution in [0.3, 0.4) is 0 Å². The van der Waals surface area contributed by atoms with E-state index in [4.69, 9.17) is 10.3 Å². The standard InChI is InChI=1S/C9H14N6OS/c1-2-17-6-8-11-9(16-13-8)7-5-15(4-3-10)14-12-7/h5H,2-4,6,10H2,1H3. The highest BCUT2D eigenvalue weighted by molar-refractivity contribution is 7.98. The van der Waals surface area contributed by atoms with Crippen LogP contribution in [0, 0.1) is 0 Å². The zero-order valence-electron chi connectivity index (χ0n) is 9.54. The molecule has 0 spiro atoms. The molecule has 2 aromatic heterocycles. The van der Waals surface area contributed by atoms with Crippen LogP contribution in [0.1, 0.15) is 12.7 Å². The first kappa shape index (κ1) is 12.1. The van der Waals surface area contributed by atoms with Gasteiger partial charge in [0.25, 0.3) is 5.89 Å². The first-order valence-corrected chi connectivity index (χ1v) is 6.50. The third-order valence-electron chi connectivity index (χ3n) is 2.02. The number of rotatable bonds is 6. The summed E-state index contributed by atoms with van der Waals surface area (Å²) in [5.41, 5.74) is 6.01. The Kier molecular flexibility index (Phi) is 4.10. The van der Waals surface area contributed by atoms with Gasteiger partial charge in [-0.3, -0.25) is 4.68 Å². The molecule has 17 heavy (non-hydrogen) atoms. The summed E-state index contributed by atoms with van der Waals surface area (Å²) in [6, 6.07) is 0. The first-order chi connectivity index (χ1) is 8.33. The van der Waals surface area contributed by atoms with Gasteiger partial charge in [0.2, 0.25) is 0 Å². The molecule has 0 fully saturated rings. The van der Waals surface area contributed by atoms with Crippen LogP contribution >= 0.6 is 11.8 Å². The maximum Gasteiger partial charge on any atom is 0.280 e. The van der Waals surface area contributed by atoms with Crippen molar-refractivity contribution in [1.82, 2.24) is 25.1 Å². The molecule has 2 rings (SSSR count). The second-order valence-corrected chi connectivity index (χ2v) is 4.58. The van der Waals surface area contributed by atoms with Gasteiger partial charge in [-0.05, 0) is 5.75 Å². The normalized spacial score (nSPS) is 10.9. The molecule has 8 heteroatoms. The van der Waals surface area contributed by atoms with Crippen LogP contribution in [-0.4, -0.2) is 37.4 Å². The fraction of sp³-hybridized carbons (Fsp3) is 0.556. The van der Waals surface area contributed by atoms with E-state index in [0.29, 0.717) is 30.5 Å². The molecule has 7 nitrogen and oxygen atoms in total. The summed E-state index contributed by atoms with van der Waals surface area (Å²) in [6.45, 7) is 3.23. The number of hydrogen-bond acceptors (Lipinski definition) is 7. The first-order valence-electron chi connectivity index (χ1n) is 5.34. The van der Waals surface area contributed by atoms with Crippen molar-refractivity contribution in [3.63, 3.8) is 0 Å². The lowest BCUT2D eigenvalue weighted by Gasteiger charge is -1.91. The van der Waals surface area contributed by atoms with Gasteiger partial charge in [0.1, 0.15) is 0 Å². The fourth-order valence-electron chi connectivity index (χ4n) is 1.25. The lowest BCUT2D eigenvalue weighted by atomic mass is 10.5. The SMILES string of the molecule is CCSCc1noc(-c2cn(CCN)nn2)n1. The minimum Gasteiger partial charge on any atom is -0.332 e. The smallest absolute Gasteiger partial charge is 0.280 e. The van der Waals surface area contributed by atoms with Crippen molar-refractivity contribution in [2.75, 3.05) is 12.3 Å². The lowest BCUT2D eigenvalue weighted by molar-refractivity contribution is 0.424. The molecule has 92 valence electrons. The molecule has 0 bridgehead atoms. The Bertz CT molecular complexity index is 468. The Balaban J connectivity index is 2.07. The third kappa shape index (κ3) is 3.04. The maximum absolute atomic E-state index is 5.42. The van der Waals surface area contributed by atoms with Gasteiger partial charge in [-0.1, -0.05) is 17.3 Å². The van der Waals surface area contributed by atoms with Crippen LogP contribution in [-0.2, 0) is 12.3 Å². The van der Waals surface area contributed by atoms with E-state index in [2.05, 4.69) is 27.4 Å². The molecule has 0 saturated heterocycles. The van der Waals surface area contributed by atoms with Gasteiger partial charge in [0.15, 0.2) is 11.5 Å². The fourth-order valence-corrected chi connectivity index (χ4v) is 1.75. The van der Waals surface area contributed by atoms with Crippen molar-refractivity contribution in [3.05, 3.63) is 12.0 Å². The molecular formula is C9H14N6OS. The van der Waals surface area contributed by atoms with E-state index in [1.165, 1.54) is 0 Å². The number of aromatic nitrogens is 5. The molecule has 0 atom stereocenters. The minimum atomic E-state index is 0.403. The third-order valence-corrected chi connectivity index (χ3v) is 2.89. The largest absolute Gasteiger partial charge is 0.332 e. The quantitative estimate of drug-likeness (QED) is 0.803. The highest BCUT2D eigenvalue weighted by Gasteiger charge is 2.12. The van der Waals surface area contributed by atoms with Gasteiger partial charge in [-0.15, -0.1) is 5.10 Å². The van der Waals surface area contributed by atoms with Crippen molar-refractivity contribution in [2.24, 2.45) is 5.73 Å². The van der Waals surface area contributed by atoms with Crippen LogP contribution in [0.2, 0.25) is 0 Å². The van der Waals surface area contributed by atoms with E-state index in [1.54, 1.807) is 22.6 Å². The summed E-state index contributed by atoms with van der Waals surface area (Å²) in [5, 5.41) is 11.7. The van der Waals surface area contributed by atoms with Gasteiger partial charge < -0.3 is 10.3 Å².